The quantitative estimate of drug-likeness (QED) is 0.812. The summed E-state index contributed by atoms with van der Waals surface area (Å²) in [4.78, 5) is 14.3. The van der Waals surface area contributed by atoms with E-state index in [4.69, 9.17) is 14.2 Å². The molecular formula is C21H28N2O4. The molecule has 0 spiro atoms. The van der Waals surface area contributed by atoms with E-state index in [1.165, 1.54) is 5.39 Å². The van der Waals surface area contributed by atoms with Gasteiger partial charge in [-0.05, 0) is 29.7 Å². The lowest BCUT2D eigenvalue weighted by atomic mass is 10.0. The Morgan fingerprint density at radius 3 is 2.93 bits per heavy atom. The van der Waals surface area contributed by atoms with Crippen molar-refractivity contribution in [1.82, 2.24) is 10.2 Å². The van der Waals surface area contributed by atoms with Gasteiger partial charge in [-0.1, -0.05) is 30.3 Å². The number of benzene rings is 2. The van der Waals surface area contributed by atoms with Crippen LogP contribution in [0.3, 0.4) is 0 Å². The van der Waals surface area contributed by atoms with Crippen molar-refractivity contribution in [2.45, 2.75) is 18.9 Å². The normalized spacial score (nSPS) is 17.1. The number of carbonyl (C=O) groups is 1. The zero-order valence-corrected chi connectivity index (χ0v) is 16.1. The summed E-state index contributed by atoms with van der Waals surface area (Å²) in [6.07, 6.45) is 1.56. The topological polar surface area (TPSA) is 60.0 Å². The molecule has 0 saturated carbocycles. The lowest BCUT2D eigenvalue weighted by molar-refractivity contribution is -0.0276. The second-order valence-corrected chi connectivity index (χ2v) is 6.67. The van der Waals surface area contributed by atoms with Crippen molar-refractivity contribution < 1.29 is 19.0 Å². The molecule has 146 valence electrons. The monoisotopic (exact) mass is 372 g/mol. The van der Waals surface area contributed by atoms with Crippen LogP contribution < -0.4 is 10.1 Å². The Balaban J connectivity index is 1.58. The number of urea groups is 1. The molecule has 1 aliphatic rings. The first kappa shape index (κ1) is 19.5. The molecule has 1 aliphatic heterocycles. The summed E-state index contributed by atoms with van der Waals surface area (Å²) in [5.74, 6) is 0.856. The maximum Gasteiger partial charge on any atom is 0.317 e. The van der Waals surface area contributed by atoms with Crippen LogP contribution >= 0.6 is 0 Å². The van der Waals surface area contributed by atoms with Gasteiger partial charge in [0.05, 0.1) is 19.8 Å². The van der Waals surface area contributed by atoms with E-state index in [0.29, 0.717) is 39.3 Å². The van der Waals surface area contributed by atoms with Crippen molar-refractivity contribution in [3.8, 4) is 5.75 Å². The number of ether oxygens (including phenoxy) is 3. The van der Waals surface area contributed by atoms with Gasteiger partial charge in [-0.15, -0.1) is 0 Å². The number of nitrogens with one attached hydrogen (secondary N) is 1. The minimum absolute atomic E-state index is 0.0417. The van der Waals surface area contributed by atoms with E-state index >= 15 is 0 Å². The summed E-state index contributed by atoms with van der Waals surface area (Å²) in [7, 11) is 3.36. The van der Waals surface area contributed by atoms with Gasteiger partial charge < -0.3 is 24.4 Å². The van der Waals surface area contributed by atoms with E-state index < -0.39 is 0 Å². The third-order valence-electron chi connectivity index (χ3n) is 4.94. The van der Waals surface area contributed by atoms with E-state index in [1.54, 1.807) is 14.2 Å². The maximum absolute atomic E-state index is 12.5. The fourth-order valence-corrected chi connectivity index (χ4v) is 3.50. The highest BCUT2D eigenvalue weighted by Crippen LogP contribution is 2.28. The number of amides is 2. The molecule has 1 atom stereocenters. The van der Waals surface area contributed by atoms with E-state index in [-0.39, 0.29) is 12.1 Å². The van der Waals surface area contributed by atoms with Crippen LogP contribution in [0.4, 0.5) is 4.79 Å². The van der Waals surface area contributed by atoms with Crippen molar-refractivity contribution in [3.05, 3.63) is 42.0 Å². The number of hydrogen-bond donors (Lipinski definition) is 1. The molecule has 1 heterocycles. The minimum Gasteiger partial charge on any atom is -0.496 e. The van der Waals surface area contributed by atoms with Gasteiger partial charge in [0.25, 0.3) is 0 Å². The molecule has 0 radical (unpaired) electrons. The second kappa shape index (κ2) is 9.58. The Kier molecular flexibility index (Phi) is 6.90. The zero-order valence-electron chi connectivity index (χ0n) is 16.1. The van der Waals surface area contributed by atoms with E-state index in [2.05, 4.69) is 23.5 Å². The largest absolute Gasteiger partial charge is 0.496 e. The van der Waals surface area contributed by atoms with Crippen LogP contribution in [0, 0.1) is 0 Å². The van der Waals surface area contributed by atoms with Gasteiger partial charge in [0.1, 0.15) is 5.75 Å². The molecule has 1 fully saturated rings. The molecule has 0 unspecified atom stereocenters. The first-order valence-corrected chi connectivity index (χ1v) is 9.41. The first-order valence-electron chi connectivity index (χ1n) is 9.41. The highest BCUT2D eigenvalue weighted by molar-refractivity contribution is 5.87. The van der Waals surface area contributed by atoms with Gasteiger partial charge in [0.15, 0.2) is 0 Å². The zero-order chi connectivity index (χ0) is 19.1. The molecule has 2 aromatic rings. The second-order valence-electron chi connectivity index (χ2n) is 6.67. The molecule has 1 saturated heterocycles. The van der Waals surface area contributed by atoms with Gasteiger partial charge in [-0.2, -0.15) is 0 Å². The van der Waals surface area contributed by atoms with Crippen molar-refractivity contribution >= 4 is 16.8 Å². The van der Waals surface area contributed by atoms with Crippen molar-refractivity contribution in [3.63, 3.8) is 0 Å². The lowest BCUT2D eigenvalue weighted by Crippen LogP contribution is -2.50. The summed E-state index contributed by atoms with van der Waals surface area (Å²) in [6.45, 7) is 2.99. The number of nitrogens with zero attached hydrogens (tertiary/aromatic N) is 1. The molecule has 2 aromatic carbocycles. The Morgan fingerprint density at radius 2 is 2.11 bits per heavy atom. The molecule has 0 aromatic heterocycles. The molecule has 1 N–H and O–H groups in total. The number of hydrogen-bond acceptors (Lipinski definition) is 4. The average molecular weight is 372 g/mol. The van der Waals surface area contributed by atoms with E-state index in [1.807, 2.05) is 23.1 Å². The van der Waals surface area contributed by atoms with Gasteiger partial charge in [0.2, 0.25) is 0 Å². The summed E-state index contributed by atoms with van der Waals surface area (Å²) in [5.41, 5.74) is 1.12. The van der Waals surface area contributed by atoms with Crippen LogP contribution in [0.15, 0.2) is 36.4 Å². The SMILES string of the molecule is COCC[C@H]1CN(C(=O)NCCc2c(OC)ccc3ccccc23)CCO1. The summed E-state index contributed by atoms with van der Waals surface area (Å²) in [5, 5.41) is 5.38. The van der Waals surface area contributed by atoms with Crippen LogP contribution in [0.5, 0.6) is 5.75 Å². The third-order valence-corrected chi connectivity index (χ3v) is 4.94. The predicted octanol–water partition coefficient (Wildman–Crippen LogP) is 2.84. The van der Waals surface area contributed by atoms with Gasteiger partial charge in [0, 0.05) is 38.9 Å². The number of methoxy groups -OCH3 is 2. The molecule has 0 aliphatic carbocycles. The summed E-state index contributed by atoms with van der Waals surface area (Å²) >= 11 is 0. The number of carbonyl (C=O) groups excluding carboxylic acids is 1. The Labute approximate surface area is 160 Å². The summed E-state index contributed by atoms with van der Waals surface area (Å²) in [6, 6.07) is 12.2. The molecular weight excluding hydrogens is 344 g/mol. The van der Waals surface area contributed by atoms with Crippen LogP contribution in [-0.2, 0) is 15.9 Å². The first-order chi connectivity index (χ1) is 13.2. The highest BCUT2D eigenvalue weighted by atomic mass is 16.5. The Morgan fingerprint density at radius 1 is 1.26 bits per heavy atom. The fraction of sp³-hybridized carbons (Fsp3) is 0.476. The molecule has 6 heteroatoms. The van der Waals surface area contributed by atoms with Crippen LogP contribution in [0.1, 0.15) is 12.0 Å². The van der Waals surface area contributed by atoms with Crippen LogP contribution in [0.2, 0.25) is 0 Å². The van der Waals surface area contributed by atoms with Crippen molar-refractivity contribution in [1.29, 1.82) is 0 Å². The maximum atomic E-state index is 12.5. The molecule has 2 amide bonds. The standard InChI is InChI=1S/C21H28N2O4/c1-25-13-10-17-15-23(12-14-27-17)21(24)22-11-9-19-18-6-4-3-5-16(18)7-8-20(19)26-2/h3-8,17H,9-15H2,1-2H3,(H,22,24)/t17-/m0/s1. The van der Waals surface area contributed by atoms with E-state index in [0.717, 1.165) is 23.1 Å². The Hall–Kier alpha value is -2.31. The average Bonchev–Trinajstić information content (AvgIpc) is 2.72. The number of fused-ring (bicyclic) bond motifs is 1. The van der Waals surface area contributed by atoms with Gasteiger partial charge >= 0.3 is 6.03 Å². The molecule has 27 heavy (non-hydrogen) atoms. The van der Waals surface area contributed by atoms with Crippen molar-refractivity contribution in [2.24, 2.45) is 0 Å². The highest BCUT2D eigenvalue weighted by Gasteiger charge is 2.23. The van der Waals surface area contributed by atoms with Crippen LogP contribution in [0.25, 0.3) is 10.8 Å². The minimum atomic E-state index is -0.0417. The number of morpholine rings is 1. The van der Waals surface area contributed by atoms with Crippen LogP contribution in [-0.4, -0.2) is 64.1 Å². The van der Waals surface area contributed by atoms with E-state index in [9.17, 15) is 4.79 Å². The van der Waals surface area contributed by atoms with Crippen molar-refractivity contribution in [2.75, 3.05) is 47.1 Å². The predicted molar refractivity (Wildman–Crippen MR) is 105 cm³/mol. The number of rotatable bonds is 7. The smallest absolute Gasteiger partial charge is 0.317 e. The molecule has 6 nitrogen and oxygen atoms in total. The Bertz CT molecular complexity index is 765. The van der Waals surface area contributed by atoms with Gasteiger partial charge in [-0.25, -0.2) is 4.79 Å². The summed E-state index contributed by atoms with van der Waals surface area (Å²) < 4.78 is 16.3. The van der Waals surface area contributed by atoms with Gasteiger partial charge in [-0.3, -0.25) is 0 Å². The molecule has 0 bridgehead atoms. The fourth-order valence-electron chi connectivity index (χ4n) is 3.50. The lowest BCUT2D eigenvalue weighted by Gasteiger charge is -2.33. The molecule has 3 rings (SSSR count). The third kappa shape index (κ3) is 4.90.